The molecule has 0 aliphatic rings. The average molecular weight is 331 g/mol. The van der Waals surface area contributed by atoms with Gasteiger partial charge in [-0.1, -0.05) is 13.8 Å². The van der Waals surface area contributed by atoms with Crippen LogP contribution in [0.1, 0.15) is 37.6 Å². The molecule has 4 nitrogen and oxygen atoms in total. The molecule has 2 unspecified atom stereocenters. The number of carbonyl (C=O) groups is 2. The third-order valence-electron chi connectivity index (χ3n) is 3.72. The van der Waals surface area contributed by atoms with E-state index in [0.29, 0.717) is 12.5 Å². The normalized spacial score (nSPS) is 13.3. The van der Waals surface area contributed by atoms with E-state index in [1.165, 1.54) is 12.0 Å². The van der Waals surface area contributed by atoms with Crippen LogP contribution in [-0.4, -0.2) is 36.5 Å². The first-order valence-electron chi connectivity index (χ1n) is 7.26. The lowest BCUT2D eigenvalue weighted by Gasteiger charge is -2.30. The number of hydrogen-bond donors (Lipinski definition) is 0. The van der Waals surface area contributed by atoms with Gasteiger partial charge in [0.2, 0.25) is 0 Å². The van der Waals surface area contributed by atoms with E-state index in [1.807, 2.05) is 6.92 Å². The zero-order valence-corrected chi connectivity index (χ0v) is 13.5. The lowest BCUT2D eigenvalue weighted by molar-refractivity contribution is -0.145. The number of nitrogens with zero attached hydrogens (tertiary/aromatic N) is 1. The van der Waals surface area contributed by atoms with E-state index in [2.05, 4.69) is 4.74 Å². The second-order valence-corrected chi connectivity index (χ2v) is 5.36. The smallest absolute Gasteiger partial charge is 0.310 e. The molecule has 0 N–H and O–H groups in total. The van der Waals surface area contributed by atoms with Crippen molar-refractivity contribution in [2.75, 3.05) is 13.7 Å². The van der Waals surface area contributed by atoms with Crippen LogP contribution >= 0.6 is 0 Å². The number of methoxy groups -OCH3 is 1. The zero-order valence-electron chi connectivity index (χ0n) is 13.5. The van der Waals surface area contributed by atoms with Gasteiger partial charge in [0.1, 0.15) is 0 Å². The fourth-order valence-electron chi connectivity index (χ4n) is 2.10. The van der Waals surface area contributed by atoms with Crippen LogP contribution in [0, 0.1) is 23.4 Å². The van der Waals surface area contributed by atoms with Gasteiger partial charge in [-0.3, -0.25) is 9.59 Å². The van der Waals surface area contributed by atoms with Gasteiger partial charge in [0, 0.05) is 12.6 Å². The van der Waals surface area contributed by atoms with Gasteiger partial charge < -0.3 is 9.64 Å². The summed E-state index contributed by atoms with van der Waals surface area (Å²) < 4.78 is 44.8. The van der Waals surface area contributed by atoms with Gasteiger partial charge in [-0.2, -0.15) is 0 Å². The number of esters is 1. The standard InChI is InChI=1S/C16H20F3NO3/c1-5-10(3)20(8-9(2)16(22)23-4)15(21)11-6-7-12(17)14(19)13(11)18/h6-7,9-10H,5,8H2,1-4H3. The van der Waals surface area contributed by atoms with Gasteiger partial charge in [0.15, 0.2) is 17.5 Å². The molecule has 7 heteroatoms. The second kappa shape index (κ2) is 7.99. The van der Waals surface area contributed by atoms with Crippen LogP contribution in [0.5, 0.6) is 0 Å². The van der Waals surface area contributed by atoms with Crippen molar-refractivity contribution in [1.29, 1.82) is 0 Å². The Kier molecular flexibility index (Phi) is 6.60. The first kappa shape index (κ1) is 19.0. The van der Waals surface area contributed by atoms with E-state index >= 15 is 0 Å². The maximum atomic E-state index is 13.8. The van der Waals surface area contributed by atoms with Gasteiger partial charge in [0.25, 0.3) is 5.91 Å². The van der Waals surface area contributed by atoms with Gasteiger partial charge in [-0.15, -0.1) is 0 Å². The largest absolute Gasteiger partial charge is 0.469 e. The highest BCUT2D eigenvalue weighted by atomic mass is 19.2. The Morgan fingerprint density at radius 3 is 2.30 bits per heavy atom. The third-order valence-corrected chi connectivity index (χ3v) is 3.72. The molecule has 23 heavy (non-hydrogen) atoms. The highest BCUT2D eigenvalue weighted by molar-refractivity contribution is 5.95. The molecule has 0 saturated heterocycles. The maximum absolute atomic E-state index is 13.8. The summed E-state index contributed by atoms with van der Waals surface area (Å²) in [6, 6.07) is 1.28. The molecule has 1 aromatic carbocycles. The highest BCUT2D eigenvalue weighted by Gasteiger charge is 2.28. The van der Waals surface area contributed by atoms with E-state index < -0.39 is 40.8 Å². The predicted molar refractivity (Wildman–Crippen MR) is 78.3 cm³/mol. The molecule has 1 rings (SSSR count). The maximum Gasteiger partial charge on any atom is 0.310 e. The molecule has 2 atom stereocenters. The Morgan fingerprint density at radius 1 is 1.17 bits per heavy atom. The Balaban J connectivity index is 3.15. The molecule has 1 amide bonds. The molecule has 0 aliphatic heterocycles. The average Bonchev–Trinajstić information content (AvgIpc) is 2.55. The van der Waals surface area contributed by atoms with Crippen LogP contribution in [0.15, 0.2) is 12.1 Å². The number of rotatable bonds is 6. The summed E-state index contributed by atoms with van der Waals surface area (Å²) in [4.78, 5) is 25.3. The van der Waals surface area contributed by atoms with Crippen LogP contribution in [0.25, 0.3) is 0 Å². The monoisotopic (exact) mass is 331 g/mol. The van der Waals surface area contributed by atoms with Crippen LogP contribution in [0.2, 0.25) is 0 Å². The fourth-order valence-corrected chi connectivity index (χ4v) is 2.10. The molecule has 0 heterocycles. The molecular weight excluding hydrogens is 311 g/mol. The minimum atomic E-state index is -1.69. The summed E-state index contributed by atoms with van der Waals surface area (Å²) in [7, 11) is 1.23. The van der Waals surface area contributed by atoms with Crippen molar-refractivity contribution in [2.45, 2.75) is 33.2 Å². The summed E-state index contributed by atoms with van der Waals surface area (Å²) in [5, 5.41) is 0. The van der Waals surface area contributed by atoms with Crippen molar-refractivity contribution in [3.8, 4) is 0 Å². The number of hydrogen-bond acceptors (Lipinski definition) is 3. The summed E-state index contributed by atoms with van der Waals surface area (Å²) in [6.07, 6.45) is 0.547. The number of halogens is 3. The van der Waals surface area contributed by atoms with Crippen LogP contribution in [0.4, 0.5) is 13.2 Å². The fraction of sp³-hybridized carbons (Fsp3) is 0.500. The van der Waals surface area contributed by atoms with E-state index in [0.717, 1.165) is 6.07 Å². The molecule has 1 aromatic rings. The molecule has 0 fully saturated rings. The Labute approximate surface area is 133 Å². The second-order valence-electron chi connectivity index (χ2n) is 5.36. The van der Waals surface area contributed by atoms with Crippen molar-refractivity contribution < 1.29 is 27.5 Å². The first-order valence-corrected chi connectivity index (χ1v) is 7.26. The lowest BCUT2D eigenvalue weighted by atomic mass is 10.1. The molecule has 128 valence electrons. The third kappa shape index (κ3) is 4.24. The highest BCUT2D eigenvalue weighted by Crippen LogP contribution is 2.20. The molecule has 0 bridgehead atoms. The van der Waals surface area contributed by atoms with E-state index in [4.69, 9.17) is 0 Å². The lowest BCUT2D eigenvalue weighted by Crippen LogP contribution is -2.43. The topological polar surface area (TPSA) is 46.6 Å². The van der Waals surface area contributed by atoms with Crippen molar-refractivity contribution in [1.82, 2.24) is 4.90 Å². The zero-order chi connectivity index (χ0) is 17.7. The first-order chi connectivity index (χ1) is 10.7. The van der Waals surface area contributed by atoms with E-state index in [9.17, 15) is 22.8 Å². The van der Waals surface area contributed by atoms with E-state index in [1.54, 1.807) is 13.8 Å². The van der Waals surface area contributed by atoms with Crippen LogP contribution in [-0.2, 0) is 9.53 Å². The van der Waals surface area contributed by atoms with Crippen molar-refractivity contribution in [3.05, 3.63) is 35.1 Å². The number of benzene rings is 1. The summed E-state index contributed by atoms with van der Waals surface area (Å²) in [6.45, 7) is 5.09. The molecule has 0 radical (unpaired) electrons. The molecular formula is C16H20F3NO3. The summed E-state index contributed by atoms with van der Waals surface area (Å²) in [5.41, 5.74) is -0.568. The van der Waals surface area contributed by atoms with Gasteiger partial charge in [-0.25, -0.2) is 13.2 Å². The van der Waals surface area contributed by atoms with Gasteiger partial charge >= 0.3 is 5.97 Å². The van der Waals surface area contributed by atoms with Crippen molar-refractivity contribution in [2.24, 2.45) is 5.92 Å². The minimum Gasteiger partial charge on any atom is -0.469 e. The number of amides is 1. The number of carbonyl (C=O) groups excluding carboxylic acids is 2. The number of ether oxygens (including phenoxy) is 1. The predicted octanol–water partition coefficient (Wildman–Crippen LogP) is 3.15. The van der Waals surface area contributed by atoms with Crippen LogP contribution in [0.3, 0.4) is 0 Å². The van der Waals surface area contributed by atoms with E-state index in [-0.39, 0.29) is 12.6 Å². The van der Waals surface area contributed by atoms with Gasteiger partial charge in [0.05, 0.1) is 18.6 Å². The molecule has 0 aromatic heterocycles. The Hall–Kier alpha value is -2.05. The van der Waals surface area contributed by atoms with Crippen molar-refractivity contribution in [3.63, 3.8) is 0 Å². The van der Waals surface area contributed by atoms with Crippen LogP contribution < -0.4 is 0 Å². The summed E-state index contributed by atoms with van der Waals surface area (Å²) in [5.74, 6) is -6.54. The van der Waals surface area contributed by atoms with Gasteiger partial charge in [-0.05, 0) is 25.5 Å². The molecule has 0 spiro atoms. The molecule has 0 saturated carbocycles. The SMILES string of the molecule is CCC(C)N(CC(C)C(=O)OC)C(=O)c1ccc(F)c(F)c1F. The summed E-state index contributed by atoms with van der Waals surface area (Å²) >= 11 is 0. The Morgan fingerprint density at radius 2 is 1.78 bits per heavy atom. The minimum absolute atomic E-state index is 0.0149. The van der Waals surface area contributed by atoms with Crippen molar-refractivity contribution >= 4 is 11.9 Å². The molecule has 0 aliphatic carbocycles. The quantitative estimate of drug-likeness (QED) is 0.594. The Bertz CT molecular complexity index is 592.